The van der Waals surface area contributed by atoms with Crippen molar-refractivity contribution in [3.05, 3.63) is 65.2 Å². The highest BCUT2D eigenvalue weighted by Crippen LogP contribution is 2.14. The normalized spacial score (nSPS) is 9.95. The molecule has 0 aromatic heterocycles. The predicted octanol–water partition coefficient (Wildman–Crippen LogP) is 3.07. The van der Waals surface area contributed by atoms with Gasteiger partial charge >= 0.3 is 5.97 Å². The highest BCUT2D eigenvalue weighted by molar-refractivity contribution is 6.33. The number of hydrogen-bond acceptors (Lipinski definition) is 3. The fraction of sp³-hybridized carbons (Fsp3) is 0.125. The number of carbonyl (C=O) groups is 2. The second-order valence-corrected chi connectivity index (χ2v) is 4.68. The number of para-hydroxylation sites is 1. The summed E-state index contributed by atoms with van der Waals surface area (Å²) in [5.41, 5.74) is 0.385. The molecule has 108 valence electrons. The van der Waals surface area contributed by atoms with E-state index < -0.39 is 5.97 Å². The van der Waals surface area contributed by atoms with Gasteiger partial charge in [-0.3, -0.25) is 9.59 Å². The highest BCUT2D eigenvalue weighted by atomic mass is 35.5. The molecule has 0 fully saturated rings. The highest BCUT2D eigenvalue weighted by Gasteiger charge is 2.10. The minimum Gasteiger partial charge on any atom is -0.426 e. The molecule has 21 heavy (non-hydrogen) atoms. The van der Waals surface area contributed by atoms with Gasteiger partial charge in [0.1, 0.15) is 5.75 Å². The van der Waals surface area contributed by atoms with Crippen molar-refractivity contribution < 1.29 is 14.3 Å². The first-order valence-electron chi connectivity index (χ1n) is 6.45. The van der Waals surface area contributed by atoms with Crippen LogP contribution >= 0.6 is 11.6 Å². The molecule has 0 aliphatic rings. The molecule has 5 heteroatoms. The standard InChI is InChI=1S/C16H14ClNO3/c17-14-9-5-4-8-13(14)16(20)18-11-10-15(19)21-12-6-2-1-3-7-12/h1-9H,10-11H2,(H,18,20). The lowest BCUT2D eigenvalue weighted by molar-refractivity contribution is -0.134. The van der Waals surface area contributed by atoms with Crippen LogP contribution in [0.2, 0.25) is 5.02 Å². The zero-order valence-electron chi connectivity index (χ0n) is 11.2. The van der Waals surface area contributed by atoms with Gasteiger partial charge in [-0.05, 0) is 24.3 Å². The molecule has 0 unspecified atom stereocenters. The predicted molar refractivity (Wildman–Crippen MR) is 80.5 cm³/mol. The van der Waals surface area contributed by atoms with Crippen molar-refractivity contribution in [1.82, 2.24) is 5.32 Å². The van der Waals surface area contributed by atoms with Gasteiger partial charge in [-0.25, -0.2) is 0 Å². The molecular formula is C16H14ClNO3. The first kappa shape index (κ1) is 15.1. The number of rotatable bonds is 5. The lowest BCUT2D eigenvalue weighted by atomic mass is 10.2. The number of amides is 1. The molecule has 2 aromatic rings. The minimum atomic E-state index is -0.402. The molecule has 1 amide bonds. The van der Waals surface area contributed by atoms with E-state index in [0.29, 0.717) is 16.3 Å². The van der Waals surface area contributed by atoms with Crippen LogP contribution in [-0.2, 0) is 4.79 Å². The van der Waals surface area contributed by atoms with Crippen LogP contribution in [-0.4, -0.2) is 18.4 Å². The van der Waals surface area contributed by atoms with E-state index in [1.54, 1.807) is 48.5 Å². The number of carbonyl (C=O) groups excluding carboxylic acids is 2. The summed E-state index contributed by atoms with van der Waals surface area (Å²) >= 11 is 5.92. The number of nitrogens with one attached hydrogen (secondary N) is 1. The molecule has 2 aromatic carbocycles. The Bertz CT molecular complexity index is 628. The Balaban J connectivity index is 1.78. The van der Waals surface area contributed by atoms with Crippen molar-refractivity contribution in [3.63, 3.8) is 0 Å². The monoisotopic (exact) mass is 303 g/mol. The van der Waals surface area contributed by atoms with E-state index in [-0.39, 0.29) is 18.9 Å². The van der Waals surface area contributed by atoms with Gasteiger partial charge < -0.3 is 10.1 Å². The molecule has 1 N–H and O–H groups in total. The lowest BCUT2D eigenvalue weighted by Crippen LogP contribution is -2.27. The molecule has 0 aliphatic carbocycles. The molecule has 0 saturated heterocycles. The van der Waals surface area contributed by atoms with E-state index in [9.17, 15) is 9.59 Å². The fourth-order valence-electron chi connectivity index (χ4n) is 1.69. The summed E-state index contributed by atoms with van der Waals surface area (Å²) in [4.78, 5) is 23.5. The van der Waals surface area contributed by atoms with E-state index in [1.165, 1.54) is 0 Å². The zero-order chi connectivity index (χ0) is 15.1. The summed E-state index contributed by atoms with van der Waals surface area (Å²) in [5, 5.41) is 3.01. The SMILES string of the molecule is O=C(CCNC(=O)c1ccccc1Cl)Oc1ccccc1. The van der Waals surface area contributed by atoms with Crippen LogP contribution in [0.4, 0.5) is 0 Å². The number of ether oxygens (including phenoxy) is 1. The average molecular weight is 304 g/mol. The second kappa shape index (κ2) is 7.45. The van der Waals surface area contributed by atoms with Crippen LogP contribution in [0.15, 0.2) is 54.6 Å². The molecule has 0 atom stereocenters. The molecule has 0 bridgehead atoms. The molecule has 2 rings (SSSR count). The van der Waals surface area contributed by atoms with E-state index in [4.69, 9.17) is 16.3 Å². The summed E-state index contributed by atoms with van der Waals surface area (Å²) < 4.78 is 5.11. The van der Waals surface area contributed by atoms with Crippen molar-refractivity contribution in [2.75, 3.05) is 6.54 Å². The molecule has 4 nitrogen and oxygen atoms in total. The molecule has 0 spiro atoms. The number of esters is 1. The summed E-state index contributed by atoms with van der Waals surface area (Å²) in [6, 6.07) is 15.5. The number of benzene rings is 2. The Morgan fingerprint density at radius 3 is 2.38 bits per heavy atom. The Labute approximate surface area is 127 Å². The fourth-order valence-corrected chi connectivity index (χ4v) is 1.91. The van der Waals surface area contributed by atoms with Crippen molar-refractivity contribution in [2.24, 2.45) is 0 Å². The summed E-state index contributed by atoms with van der Waals surface area (Å²) in [6.07, 6.45) is 0.0884. The van der Waals surface area contributed by atoms with E-state index in [0.717, 1.165) is 0 Å². The van der Waals surface area contributed by atoms with Gasteiger partial charge in [-0.2, -0.15) is 0 Å². The van der Waals surface area contributed by atoms with Crippen molar-refractivity contribution in [3.8, 4) is 5.75 Å². The van der Waals surface area contributed by atoms with E-state index >= 15 is 0 Å². The largest absolute Gasteiger partial charge is 0.426 e. The second-order valence-electron chi connectivity index (χ2n) is 4.27. The van der Waals surface area contributed by atoms with Gasteiger partial charge in [0.05, 0.1) is 17.0 Å². The van der Waals surface area contributed by atoms with Crippen LogP contribution in [0, 0.1) is 0 Å². The first-order chi connectivity index (χ1) is 10.2. The summed E-state index contributed by atoms with van der Waals surface area (Å²) in [7, 11) is 0. The van der Waals surface area contributed by atoms with E-state index in [1.807, 2.05) is 6.07 Å². The van der Waals surface area contributed by atoms with Crippen LogP contribution in [0.25, 0.3) is 0 Å². The van der Waals surface area contributed by atoms with Gasteiger partial charge in [0, 0.05) is 6.54 Å². The third-order valence-corrected chi connectivity index (χ3v) is 3.04. The van der Waals surface area contributed by atoms with Crippen molar-refractivity contribution in [2.45, 2.75) is 6.42 Å². The summed E-state index contributed by atoms with van der Waals surface area (Å²) in [6.45, 7) is 0.190. The Kier molecular flexibility index (Phi) is 5.35. The van der Waals surface area contributed by atoms with Gasteiger partial charge in [0.15, 0.2) is 0 Å². The molecule has 0 aliphatic heterocycles. The Hall–Kier alpha value is -2.33. The van der Waals surface area contributed by atoms with Crippen LogP contribution in [0.5, 0.6) is 5.75 Å². The van der Waals surface area contributed by atoms with Crippen LogP contribution in [0.1, 0.15) is 16.8 Å². The number of halogens is 1. The van der Waals surface area contributed by atoms with Crippen LogP contribution < -0.4 is 10.1 Å². The van der Waals surface area contributed by atoms with Crippen molar-refractivity contribution in [1.29, 1.82) is 0 Å². The smallest absolute Gasteiger partial charge is 0.312 e. The van der Waals surface area contributed by atoms with Crippen LogP contribution in [0.3, 0.4) is 0 Å². The minimum absolute atomic E-state index is 0.0884. The van der Waals surface area contributed by atoms with E-state index in [2.05, 4.69) is 5.32 Å². The quantitative estimate of drug-likeness (QED) is 0.682. The Morgan fingerprint density at radius 2 is 1.67 bits per heavy atom. The Morgan fingerprint density at radius 1 is 1.00 bits per heavy atom. The molecule has 0 heterocycles. The lowest BCUT2D eigenvalue weighted by Gasteiger charge is -2.07. The summed E-state index contributed by atoms with van der Waals surface area (Å²) in [5.74, 6) is -0.228. The van der Waals surface area contributed by atoms with Gasteiger partial charge in [0.2, 0.25) is 0 Å². The topological polar surface area (TPSA) is 55.4 Å². The molecule has 0 radical (unpaired) electrons. The number of hydrogen-bond donors (Lipinski definition) is 1. The maximum atomic E-state index is 11.9. The van der Waals surface area contributed by atoms with Crippen molar-refractivity contribution >= 4 is 23.5 Å². The maximum Gasteiger partial charge on any atom is 0.312 e. The van der Waals surface area contributed by atoms with Gasteiger partial charge in [0.25, 0.3) is 5.91 Å². The van der Waals surface area contributed by atoms with Gasteiger partial charge in [-0.15, -0.1) is 0 Å². The zero-order valence-corrected chi connectivity index (χ0v) is 12.0. The third kappa shape index (κ3) is 4.61. The molecule has 0 saturated carbocycles. The average Bonchev–Trinajstić information content (AvgIpc) is 2.48. The maximum absolute atomic E-state index is 11.9. The first-order valence-corrected chi connectivity index (χ1v) is 6.83. The third-order valence-electron chi connectivity index (χ3n) is 2.71. The molecular weight excluding hydrogens is 290 g/mol. The van der Waals surface area contributed by atoms with Gasteiger partial charge in [-0.1, -0.05) is 41.9 Å².